The van der Waals surface area contributed by atoms with Crippen molar-refractivity contribution >= 4 is 37.3 Å². The first-order chi connectivity index (χ1) is 12.9. The van der Waals surface area contributed by atoms with Gasteiger partial charge in [0, 0.05) is 7.05 Å². The summed E-state index contributed by atoms with van der Waals surface area (Å²) in [4.78, 5) is 16.8. The van der Waals surface area contributed by atoms with Crippen molar-refractivity contribution in [3.8, 4) is 11.5 Å². The number of sulfone groups is 1. The minimum atomic E-state index is -3.75. The van der Waals surface area contributed by atoms with Gasteiger partial charge in [-0.05, 0) is 24.3 Å². The molecule has 1 heterocycles. The third kappa shape index (κ3) is 3.74. The van der Waals surface area contributed by atoms with E-state index in [0.29, 0.717) is 16.3 Å². The van der Waals surface area contributed by atoms with Crippen LogP contribution in [0.5, 0.6) is 11.5 Å². The van der Waals surface area contributed by atoms with Crippen LogP contribution in [0.1, 0.15) is 0 Å². The lowest BCUT2D eigenvalue weighted by Crippen LogP contribution is -2.19. The second-order valence-corrected chi connectivity index (χ2v) is 8.64. The zero-order valence-electron chi connectivity index (χ0n) is 15.0. The molecule has 0 aliphatic carbocycles. The Bertz CT molecular complexity index is 1160. The Balaban J connectivity index is 2.03. The third-order valence-corrected chi connectivity index (χ3v) is 6.71. The van der Waals surface area contributed by atoms with Gasteiger partial charge in [0.05, 0.1) is 19.1 Å². The number of thiazole rings is 1. The van der Waals surface area contributed by atoms with Gasteiger partial charge >= 0.3 is 0 Å². The van der Waals surface area contributed by atoms with Crippen LogP contribution in [0.4, 0.5) is 0 Å². The first kappa shape index (κ1) is 19.1. The summed E-state index contributed by atoms with van der Waals surface area (Å²) < 4.78 is 37.9. The molecular formula is C18H18N2O5S2. The smallest absolute Gasteiger partial charge is 0.263 e. The number of ether oxygens (including phenoxy) is 2. The maximum absolute atomic E-state index is 12.4. The Morgan fingerprint density at radius 3 is 2.33 bits per heavy atom. The van der Waals surface area contributed by atoms with E-state index in [4.69, 9.17) is 9.47 Å². The van der Waals surface area contributed by atoms with Crippen LogP contribution in [0.3, 0.4) is 0 Å². The molecule has 0 bridgehead atoms. The van der Waals surface area contributed by atoms with Crippen molar-refractivity contribution in [2.45, 2.75) is 4.90 Å². The van der Waals surface area contributed by atoms with Crippen LogP contribution >= 0.6 is 11.3 Å². The molecule has 9 heteroatoms. The number of benzene rings is 2. The number of aryl methyl sites for hydroxylation is 1. The van der Waals surface area contributed by atoms with Gasteiger partial charge in [-0.1, -0.05) is 29.5 Å². The molecule has 0 unspecified atom stereocenters. The molecule has 0 saturated heterocycles. The first-order valence-electron chi connectivity index (χ1n) is 7.93. The second-order valence-electron chi connectivity index (χ2n) is 5.67. The van der Waals surface area contributed by atoms with Gasteiger partial charge in [-0.25, -0.2) is 8.42 Å². The Hall–Kier alpha value is -2.65. The highest BCUT2D eigenvalue weighted by atomic mass is 32.2. The number of carbonyl (C=O) groups is 1. The lowest BCUT2D eigenvalue weighted by atomic mass is 10.3. The van der Waals surface area contributed by atoms with Crippen molar-refractivity contribution in [2.75, 3.05) is 20.0 Å². The predicted octanol–water partition coefficient (Wildman–Crippen LogP) is 2.16. The Kier molecular flexibility index (Phi) is 5.33. The molecule has 1 amide bonds. The maximum Gasteiger partial charge on any atom is 0.263 e. The van der Waals surface area contributed by atoms with Gasteiger partial charge in [-0.15, -0.1) is 0 Å². The fraction of sp³-hybridized carbons (Fsp3) is 0.222. The number of nitrogens with zero attached hydrogens (tertiary/aromatic N) is 2. The summed E-state index contributed by atoms with van der Waals surface area (Å²) in [7, 11) is 1.09. The Morgan fingerprint density at radius 1 is 1.07 bits per heavy atom. The van der Waals surface area contributed by atoms with E-state index in [1.807, 2.05) is 0 Å². The first-order valence-corrected chi connectivity index (χ1v) is 10.4. The summed E-state index contributed by atoms with van der Waals surface area (Å²) in [6.45, 7) is 0. The zero-order valence-corrected chi connectivity index (χ0v) is 16.6. The zero-order chi connectivity index (χ0) is 19.6. The molecule has 142 valence electrons. The lowest BCUT2D eigenvalue weighted by molar-refractivity contribution is -0.115. The van der Waals surface area contributed by atoms with Crippen LogP contribution < -0.4 is 14.3 Å². The fourth-order valence-electron chi connectivity index (χ4n) is 2.64. The highest BCUT2D eigenvalue weighted by Crippen LogP contribution is 2.34. The van der Waals surface area contributed by atoms with E-state index in [0.717, 1.165) is 10.2 Å². The molecule has 0 spiro atoms. The van der Waals surface area contributed by atoms with E-state index in [1.54, 1.807) is 56.2 Å². The number of hydrogen-bond acceptors (Lipinski definition) is 6. The third-order valence-electron chi connectivity index (χ3n) is 3.95. The topological polar surface area (TPSA) is 87.0 Å². The van der Waals surface area contributed by atoms with Crippen LogP contribution in [-0.4, -0.2) is 38.9 Å². The van der Waals surface area contributed by atoms with E-state index in [1.165, 1.54) is 23.5 Å². The van der Waals surface area contributed by atoms with E-state index in [-0.39, 0.29) is 4.90 Å². The van der Waals surface area contributed by atoms with Crippen LogP contribution in [0.25, 0.3) is 10.2 Å². The van der Waals surface area contributed by atoms with E-state index in [9.17, 15) is 13.2 Å². The normalized spacial score (nSPS) is 12.3. The van der Waals surface area contributed by atoms with Crippen LogP contribution in [-0.2, 0) is 21.7 Å². The molecule has 3 aromatic rings. The number of fused-ring (bicyclic) bond motifs is 1. The molecule has 3 rings (SSSR count). The largest absolute Gasteiger partial charge is 0.495 e. The molecule has 0 radical (unpaired) electrons. The number of methoxy groups -OCH3 is 2. The predicted molar refractivity (Wildman–Crippen MR) is 103 cm³/mol. The SMILES string of the molecule is COc1ccc(OC)c2c1sc(=NC(=O)CS(=O)(=O)c1ccccc1)n2C. The molecule has 0 aliphatic heterocycles. The molecule has 2 aromatic carbocycles. The summed E-state index contributed by atoms with van der Waals surface area (Å²) in [5, 5.41) is 0. The molecule has 0 fully saturated rings. The number of carbonyl (C=O) groups excluding carboxylic acids is 1. The molecule has 27 heavy (non-hydrogen) atoms. The second kappa shape index (κ2) is 7.53. The average Bonchev–Trinajstić information content (AvgIpc) is 2.98. The van der Waals surface area contributed by atoms with Gasteiger partial charge in [-0.3, -0.25) is 4.79 Å². The van der Waals surface area contributed by atoms with E-state index in [2.05, 4.69) is 4.99 Å². The molecule has 0 N–H and O–H groups in total. The molecule has 0 aliphatic rings. The van der Waals surface area contributed by atoms with Gasteiger partial charge < -0.3 is 14.0 Å². The minimum absolute atomic E-state index is 0.0950. The summed E-state index contributed by atoms with van der Waals surface area (Å²) in [5.74, 6) is -0.203. The highest BCUT2D eigenvalue weighted by molar-refractivity contribution is 7.92. The summed E-state index contributed by atoms with van der Waals surface area (Å²) in [6, 6.07) is 11.4. The van der Waals surface area contributed by atoms with Crippen LogP contribution in [0, 0.1) is 0 Å². The van der Waals surface area contributed by atoms with Gasteiger partial charge in [0.2, 0.25) is 0 Å². The number of amides is 1. The van der Waals surface area contributed by atoms with Crippen molar-refractivity contribution in [3.05, 3.63) is 47.3 Å². The fourth-order valence-corrected chi connectivity index (χ4v) is 4.91. The van der Waals surface area contributed by atoms with E-state index >= 15 is 0 Å². The molecule has 7 nitrogen and oxygen atoms in total. The molecule has 1 aromatic heterocycles. The van der Waals surface area contributed by atoms with Crippen molar-refractivity contribution in [3.63, 3.8) is 0 Å². The van der Waals surface area contributed by atoms with Gasteiger partial charge in [0.15, 0.2) is 14.6 Å². The van der Waals surface area contributed by atoms with Crippen LogP contribution in [0.2, 0.25) is 0 Å². The quantitative estimate of drug-likeness (QED) is 0.648. The summed E-state index contributed by atoms with van der Waals surface area (Å²) in [5.41, 5.74) is 0.722. The van der Waals surface area contributed by atoms with Gasteiger partial charge in [0.25, 0.3) is 5.91 Å². The average molecular weight is 406 g/mol. The van der Waals surface area contributed by atoms with Crippen molar-refractivity contribution in [2.24, 2.45) is 12.0 Å². The number of rotatable bonds is 5. The monoisotopic (exact) mass is 406 g/mol. The van der Waals surface area contributed by atoms with Crippen molar-refractivity contribution < 1.29 is 22.7 Å². The lowest BCUT2D eigenvalue weighted by Gasteiger charge is -2.06. The number of hydrogen-bond donors (Lipinski definition) is 0. The summed E-state index contributed by atoms with van der Waals surface area (Å²) >= 11 is 1.23. The molecular weight excluding hydrogens is 388 g/mol. The number of aromatic nitrogens is 1. The molecule has 0 atom stereocenters. The van der Waals surface area contributed by atoms with Crippen molar-refractivity contribution in [1.82, 2.24) is 4.57 Å². The molecule has 0 saturated carbocycles. The Labute approximate surface area is 160 Å². The Morgan fingerprint density at radius 2 is 1.70 bits per heavy atom. The standard InChI is InChI=1S/C18H18N2O5S2/c1-20-16-13(24-2)9-10-14(25-3)17(16)26-18(20)19-15(21)11-27(22,23)12-7-5-4-6-8-12/h4-10H,11H2,1-3H3. The maximum atomic E-state index is 12.4. The van der Waals surface area contributed by atoms with E-state index < -0.39 is 21.5 Å². The minimum Gasteiger partial charge on any atom is -0.495 e. The highest BCUT2D eigenvalue weighted by Gasteiger charge is 2.20. The van der Waals surface area contributed by atoms with Gasteiger partial charge in [-0.2, -0.15) is 4.99 Å². The van der Waals surface area contributed by atoms with Crippen molar-refractivity contribution in [1.29, 1.82) is 0 Å². The van der Waals surface area contributed by atoms with Crippen LogP contribution in [0.15, 0.2) is 52.4 Å². The van der Waals surface area contributed by atoms with Gasteiger partial charge in [0.1, 0.15) is 27.5 Å². The summed E-state index contributed by atoms with van der Waals surface area (Å²) in [6.07, 6.45) is 0.